The molecule has 1 aliphatic carbocycles. The van der Waals surface area contributed by atoms with E-state index in [9.17, 15) is 9.59 Å². The fourth-order valence-corrected chi connectivity index (χ4v) is 4.33. The molecule has 1 atom stereocenters. The summed E-state index contributed by atoms with van der Waals surface area (Å²) in [6.07, 6.45) is 3.33. The first-order valence-corrected chi connectivity index (χ1v) is 9.73. The number of carbonyl (C=O) groups is 2. The second-order valence-corrected chi connectivity index (χ2v) is 7.91. The number of carbonyl (C=O) groups excluding carboxylic acids is 2. The third kappa shape index (κ3) is 4.60. The highest BCUT2D eigenvalue weighted by Crippen LogP contribution is 2.32. The summed E-state index contributed by atoms with van der Waals surface area (Å²) in [4.78, 5) is 26.4. The van der Waals surface area contributed by atoms with Crippen molar-refractivity contribution in [3.05, 3.63) is 45.1 Å². The minimum atomic E-state index is -0.300. The quantitative estimate of drug-likeness (QED) is 0.772. The molecule has 0 spiro atoms. The molecular formula is C20H24N2O4S. The van der Waals surface area contributed by atoms with Crippen LogP contribution < -0.4 is 20.3 Å². The lowest BCUT2D eigenvalue weighted by molar-refractivity contribution is -0.121. The molecule has 0 aliphatic heterocycles. The van der Waals surface area contributed by atoms with Crippen molar-refractivity contribution in [3.8, 4) is 11.5 Å². The average Bonchev–Trinajstić information content (AvgIpc) is 3.09. The summed E-state index contributed by atoms with van der Waals surface area (Å²) in [7, 11) is 3.10. The molecule has 2 aromatic rings. The fraction of sp³-hybridized carbons (Fsp3) is 0.400. The van der Waals surface area contributed by atoms with E-state index in [1.54, 1.807) is 32.4 Å². The lowest BCUT2D eigenvalue weighted by Gasteiger charge is -2.16. The molecule has 3 rings (SSSR count). The summed E-state index contributed by atoms with van der Waals surface area (Å²) in [5.41, 5.74) is 7.02. The number of fused-ring (bicyclic) bond motifs is 1. The number of ether oxygens (including phenoxy) is 2. The first-order chi connectivity index (χ1) is 13.0. The highest BCUT2D eigenvalue weighted by molar-refractivity contribution is 7.14. The molecule has 6 nitrogen and oxygen atoms in total. The van der Waals surface area contributed by atoms with Gasteiger partial charge in [0, 0.05) is 4.88 Å². The maximum absolute atomic E-state index is 12.3. The van der Waals surface area contributed by atoms with E-state index in [0.717, 1.165) is 24.8 Å². The minimum Gasteiger partial charge on any atom is -0.493 e. The molecule has 0 fully saturated rings. The molecule has 0 saturated carbocycles. The fourth-order valence-electron chi connectivity index (χ4n) is 3.23. The predicted octanol–water partition coefficient (Wildman–Crippen LogP) is 2.89. The average molecular weight is 388 g/mol. The second-order valence-electron chi connectivity index (χ2n) is 6.78. The van der Waals surface area contributed by atoms with Gasteiger partial charge in [0.15, 0.2) is 11.5 Å². The smallest absolute Gasteiger partial charge is 0.279 e. The number of aryl methyl sites for hydroxylation is 1. The number of amides is 2. The molecule has 0 saturated heterocycles. The standard InChI is InChI=1S/C20H24N2O4S/c1-12-4-7-17-14(8-12)11-18(27-17)20(24)22-21-19(23)10-13-5-6-15(25-2)16(9-13)26-3/h5-6,9,11-12H,4,7-8,10H2,1-3H3,(H,21,23)(H,22,24)/t12-/m1/s1. The zero-order chi connectivity index (χ0) is 19.4. The van der Waals surface area contributed by atoms with Crippen LogP contribution in [0.3, 0.4) is 0 Å². The lowest BCUT2D eigenvalue weighted by atomic mass is 9.90. The largest absolute Gasteiger partial charge is 0.493 e. The molecule has 0 radical (unpaired) electrons. The summed E-state index contributed by atoms with van der Waals surface area (Å²) < 4.78 is 10.4. The van der Waals surface area contributed by atoms with Crippen LogP contribution in [-0.2, 0) is 24.1 Å². The van der Waals surface area contributed by atoms with Crippen LogP contribution in [0.5, 0.6) is 11.5 Å². The number of rotatable bonds is 5. The van der Waals surface area contributed by atoms with Crippen molar-refractivity contribution in [2.24, 2.45) is 5.92 Å². The Kier molecular flexibility index (Phi) is 6.01. The SMILES string of the molecule is COc1ccc(CC(=O)NNC(=O)c2cc3c(s2)CC[C@@H](C)C3)cc1OC. The van der Waals surface area contributed by atoms with E-state index >= 15 is 0 Å². The van der Waals surface area contributed by atoms with E-state index in [0.29, 0.717) is 22.3 Å². The number of thiophene rings is 1. The number of benzene rings is 1. The van der Waals surface area contributed by atoms with Gasteiger partial charge in [-0.2, -0.15) is 0 Å². The Morgan fingerprint density at radius 2 is 1.93 bits per heavy atom. The van der Waals surface area contributed by atoms with Crippen LogP contribution in [0.4, 0.5) is 0 Å². The van der Waals surface area contributed by atoms with Gasteiger partial charge in [-0.1, -0.05) is 13.0 Å². The summed E-state index contributed by atoms with van der Waals surface area (Å²) in [5.74, 6) is 1.24. The third-order valence-corrected chi connectivity index (χ3v) is 5.92. The normalized spacial score (nSPS) is 15.6. The van der Waals surface area contributed by atoms with Gasteiger partial charge >= 0.3 is 0 Å². The van der Waals surface area contributed by atoms with Crippen LogP contribution in [0, 0.1) is 5.92 Å². The van der Waals surface area contributed by atoms with Crippen molar-refractivity contribution in [2.45, 2.75) is 32.6 Å². The van der Waals surface area contributed by atoms with Gasteiger partial charge in [0.25, 0.3) is 5.91 Å². The minimum absolute atomic E-state index is 0.124. The van der Waals surface area contributed by atoms with Crippen molar-refractivity contribution in [3.63, 3.8) is 0 Å². The zero-order valence-electron chi connectivity index (χ0n) is 15.8. The molecule has 7 heteroatoms. The lowest BCUT2D eigenvalue weighted by Crippen LogP contribution is -2.42. The van der Waals surface area contributed by atoms with E-state index in [4.69, 9.17) is 9.47 Å². The van der Waals surface area contributed by atoms with E-state index < -0.39 is 0 Å². The molecule has 1 aromatic heterocycles. The molecule has 1 heterocycles. The summed E-state index contributed by atoms with van der Waals surface area (Å²) in [6.45, 7) is 2.23. The van der Waals surface area contributed by atoms with Gasteiger partial charge < -0.3 is 9.47 Å². The Labute approximate surface area is 162 Å². The molecular weight excluding hydrogens is 364 g/mol. The van der Waals surface area contributed by atoms with E-state index in [1.807, 2.05) is 6.07 Å². The van der Waals surface area contributed by atoms with Crippen LogP contribution in [0.1, 0.15) is 39.0 Å². The maximum Gasteiger partial charge on any atom is 0.279 e. The summed E-state index contributed by atoms with van der Waals surface area (Å²) >= 11 is 1.52. The van der Waals surface area contributed by atoms with Gasteiger partial charge in [-0.15, -0.1) is 11.3 Å². The molecule has 2 amide bonds. The number of methoxy groups -OCH3 is 2. The molecule has 27 heavy (non-hydrogen) atoms. The first kappa shape index (κ1) is 19.2. The van der Waals surface area contributed by atoms with Crippen molar-refractivity contribution in [1.29, 1.82) is 0 Å². The Morgan fingerprint density at radius 1 is 1.15 bits per heavy atom. The Balaban J connectivity index is 1.55. The number of hydrogen-bond donors (Lipinski definition) is 2. The van der Waals surface area contributed by atoms with E-state index in [1.165, 1.54) is 21.8 Å². The van der Waals surface area contributed by atoms with Gasteiger partial charge in [-0.3, -0.25) is 20.4 Å². The summed E-state index contributed by atoms with van der Waals surface area (Å²) in [6, 6.07) is 7.23. The van der Waals surface area contributed by atoms with Crippen LogP contribution >= 0.6 is 11.3 Å². The van der Waals surface area contributed by atoms with Crippen molar-refractivity contribution in [1.82, 2.24) is 10.9 Å². The molecule has 0 bridgehead atoms. The second kappa shape index (κ2) is 8.43. The molecule has 1 aliphatic rings. The van der Waals surface area contributed by atoms with Crippen molar-refractivity contribution >= 4 is 23.2 Å². The van der Waals surface area contributed by atoms with Crippen LogP contribution in [0.25, 0.3) is 0 Å². The Hall–Kier alpha value is -2.54. The van der Waals surface area contributed by atoms with Crippen molar-refractivity contribution in [2.75, 3.05) is 14.2 Å². The Morgan fingerprint density at radius 3 is 2.67 bits per heavy atom. The zero-order valence-corrected chi connectivity index (χ0v) is 16.6. The number of hydrazine groups is 1. The van der Waals surface area contributed by atoms with Crippen LogP contribution in [0.2, 0.25) is 0 Å². The molecule has 2 N–H and O–H groups in total. The van der Waals surface area contributed by atoms with Gasteiger partial charge in [0.05, 0.1) is 25.5 Å². The number of nitrogens with one attached hydrogen (secondary N) is 2. The first-order valence-electron chi connectivity index (χ1n) is 8.91. The topological polar surface area (TPSA) is 76.7 Å². The molecule has 144 valence electrons. The van der Waals surface area contributed by atoms with Gasteiger partial charge in [0.2, 0.25) is 5.91 Å². The van der Waals surface area contributed by atoms with Crippen LogP contribution in [-0.4, -0.2) is 26.0 Å². The molecule has 1 aromatic carbocycles. The van der Waals surface area contributed by atoms with Gasteiger partial charge in [-0.25, -0.2) is 0 Å². The number of hydrogen-bond acceptors (Lipinski definition) is 5. The van der Waals surface area contributed by atoms with Crippen LogP contribution in [0.15, 0.2) is 24.3 Å². The summed E-state index contributed by atoms with van der Waals surface area (Å²) in [5, 5.41) is 0. The maximum atomic E-state index is 12.3. The predicted molar refractivity (Wildman–Crippen MR) is 104 cm³/mol. The molecule has 0 unspecified atom stereocenters. The van der Waals surface area contributed by atoms with E-state index in [2.05, 4.69) is 17.8 Å². The monoisotopic (exact) mass is 388 g/mol. The Bertz CT molecular complexity index is 847. The van der Waals surface area contributed by atoms with Gasteiger partial charge in [0.1, 0.15) is 0 Å². The van der Waals surface area contributed by atoms with E-state index in [-0.39, 0.29) is 18.2 Å². The third-order valence-electron chi connectivity index (χ3n) is 4.68. The highest BCUT2D eigenvalue weighted by Gasteiger charge is 2.21. The van der Waals surface area contributed by atoms with Gasteiger partial charge in [-0.05, 0) is 54.5 Å². The highest BCUT2D eigenvalue weighted by atomic mass is 32.1. The van der Waals surface area contributed by atoms with Crippen molar-refractivity contribution < 1.29 is 19.1 Å².